The third kappa shape index (κ3) is 3.47. The zero-order valence-electron chi connectivity index (χ0n) is 11.8. The van der Waals surface area contributed by atoms with Crippen LogP contribution in [0.4, 0.5) is 0 Å². The van der Waals surface area contributed by atoms with Gasteiger partial charge >= 0.3 is 0 Å². The van der Waals surface area contributed by atoms with Crippen LogP contribution in [-0.4, -0.2) is 35.7 Å². The predicted octanol–water partition coefficient (Wildman–Crippen LogP) is 2.60. The van der Waals surface area contributed by atoms with Crippen molar-refractivity contribution in [1.82, 2.24) is 4.90 Å². The number of nitrogens with zero attached hydrogens (tertiary/aromatic N) is 2. The highest BCUT2D eigenvalue weighted by Gasteiger charge is 2.25. The van der Waals surface area contributed by atoms with Gasteiger partial charge in [0.1, 0.15) is 0 Å². The molecule has 1 amide bonds. The van der Waals surface area contributed by atoms with Crippen LogP contribution < -0.4 is 0 Å². The zero-order valence-corrected chi connectivity index (χ0v) is 11.8. The summed E-state index contributed by atoms with van der Waals surface area (Å²) in [5.41, 5.74) is 2.02. The quantitative estimate of drug-likeness (QED) is 0.747. The topological polar surface area (TPSA) is 41.9 Å². The van der Waals surface area contributed by atoms with Crippen molar-refractivity contribution in [2.24, 2.45) is 5.16 Å². The molecular weight excluding hydrogens is 252 g/mol. The Hall–Kier alpha value is -2.10. The zero-order chi connectivity index (χ0) is 14.4. The number of amides is 1. The minimum Gasteiger partial charge on any atom is -0.390 e. The smallest absolute Gasteiger partial charge is 0.222 e. The minimum absolute atomic E-state index is 0.0688. The van der Waals surface area contributed by atoms with Gasteiger partial charge in [0.2, 0.25) is 5.91 Å². The monoisotopic (exact) mass is 272 g/mol. The van der Waals surface area contributed by atoms with Gasteiger partial charge < -0.3 is 9.74 Å². The van der Waals surface area contributed by atoms with Gasteiger partial charge in [-0.3, -0.25) is 4.79 Å². The van der Waals surface area contributed by atoms with Gasteiger partial charge in [-0.15, -0.1) is 6.58 Å². The van der Waals surface area contributed by atoms with Crippen LogP contribution >= 0.6 is 0 Å². The highest BCUT2D eigenvalue weighted by atomic mass is 16.6. The van der Waals surface area contributed by atoms with Gasteiger partial charge in [0.25, 0.3) is 0 Å². The Kier molecular flexibility index (Phi) is 4.93. The molecule has 1 atom stereocenters. The molecule has 0 aromatic heterocycles. The van der Waals surface area contributed by atoms with Crippen molar-refractivity contribution in [1.29, 1.82) is 0 Å². The molecule has 106 valence electrons. The van der Waals surface area contributed by atoms with E-state index >= 15 is 0 Å². The van der Waals surface area contributed by atoms with E-state index in [2.05, 4.69) is 11.7 Å². The number of carbonyl (C=O) groups is 1. The molecule has 0 bridgehead atoms. The van der Waals surface area contributed by atoms with Crippen molar-refractivity contribution < 1.29 is 9.63 Å². The molecule has 4 heteroatoms. The summed E-state index contributed by atoms with van der Waals surface area (Å²) < 4.78 is 0. The third-order valence-corrected chi connectivity index (χ3v) is 3.27. The molecule has 1 aromatic carbocycles. The number of hydrogen-bond donors (Lipinski definition) is 0. The number of carbonyl (C=O) groups excluding carboxylic acids is 1. The fraction of sp³-hybridized carbons (Fsp3) is 0.375. The Balaban J connectivity index is 1.94. The third-order valence-electron chi connectivity index (χ3n) is 3.27. The molecule has 2 rings (SSSR count). The van der Waals surface area contributed by atoms with E-state index in [1.54, 1.807) is 11.0 Å². The normalized spacial score (nSPS) is 17.2. The molecule has 1 aliphatic heterocycles. The van der Waals surface area contributed by atoms with E-state index in [1.165, 1.54) is 0 Å². The van der Waals surface area contributed by atoms with Crippen LogP contribution in [0.5, 0.6) is 0 Å². The molecule has 20 heavy (non-hydrogen) atoms. The number of hydrogen-bond acceptors (Lipinski definition) is 3. The standard InChI is InChI=1S/C16H20N2O2/c1-3-10-18(16(19)4-2)12-14-11-15(17-20-14)13-8-6-5-7-9-13/h3,5-9,14H,1,4,10-12H2,2H3/t14-/m0/s1. The summed E-state index contributed by atoms with van der Waals surface area (Å²) >= 11 is 0. The largest absolute Gasteiger partial charge is 0.390 e. The number of benzene rings is 1. The van der Waals surface area contributed by atoms with Crippen molar-refractivity contribution in [3.8, 4) is 0 Å². The lowest BCUT2D eigenvalue weighted by Gasteiger charge is -2.22. The summed E-state index contributed by atoms with van der Waals surface area (Å²) in [6.07, 6.45) is 2.89. The molecule has 0 radical (unpaired) electrons. The van der Waals surface area contributed by atoms with Gasteiger partial charge in [-0.25, -0.2) is 0 Å². The lowest BCUT2D eigenvalue weighted by atomic mass is 10.0. The maximum atomic E-state index is 11.8. The van der Waals surface area contributed by atoms with E-state index in [-0.39, 0.29) is 12.0 Å². The highest BCUT2D eigenvalue weighted by molar-refractivity contribution is 6.01. The van der Waals surface area contributed by atoms with Crippen molar-refractivity contribution in [3.63, 3.8) is 0 Å². The Labute approximate surface area is 119 Å². The molecule has 0 fully saturated rings. The maximum absolute atomic E-state index is 11.8. The first-order valence-corrected chi connectivity index (χ1v) is 6.91. The number of oxime groups is 1. The van der Waals surface area contributed by atoms with E-state index < -0.39 is 0 Å². The van der Waals surface area contributed by atoms with Crippen LogP contribution in [0.15, 0.2) is 48.1 Å². The molecule has 1 heterocycles. The van der Waals surface area contributed by atoms with Gasteiger partial charge in [0.05, 0.1) is 12.3 Å². The second kappa shape index (κ2) is 6.89. The fourth-order valence-electron chi connectivity index (χ4n) is 2.23. The first-order valence-electron chi connectivity index (χ1n) is 6.91. The maximum Gasteiger partial charge on any atom is 0.222 e. The van der Waals surface area contributed by atoms with Gasteiger partial charge in [-0.1, -0.05) is 48.5 Å². The summed E-state index contributed by atoms with van der Waals surface area (Å²) in [5.74, 6) is 0.113. The highest BCUT2D eigenvalue weighted by Crippen LogP contribution is 2.17. The van der Waals surface area contributed by atoms with Crippen LogP contribution in [-0.2, 0) is 9.63 Å². The summed E-state index contributed by atoms with van der Waals surface area (Å²) in [6.45, 7) is 6.65. The average molecular weight is 272 g/mol. The molecule has 0 N–H and O–H groups in total. The molecular formula is C16H20N2O2. The SMILES string of the molecule is C=CCN(C[C@@H]1CC(c2ccccc2)=NO1)C(=O)CC. The lowest BCUT2D eigenvalue weighted by molar-refractivity contribution is -0.132. The molecule has 1 aromatic rings. The average Bonchev–Trinajstić information content (AvgIpc) is 2.95. The minimum atomic E-state index is -0.0688. The van der Waals surface area contributed by atoms with E-state index in [1.807, 2.05) is 37.3 Å². The van der Waals surface area contributed by atoms with Gasteiger partial charge in [0, 0.05) is 19.4 Å². The van der Waals surface area contributed by atoms with Crippen LogP contribution in [0.2, 0.25) is 0 Å². The summed E-state index contributed by atoms with van der Waals surface area (Å²) in [6, 6.07) is 9.97. The van der Waals surface area contributed by atoms with E-state index in [0.29, 0.717) is 19.5 Å². The Bertz CT molecular complexity index is 496. The van der Waals surface area contributed by atoms with E-state index in [0.717, 1.165) is 17.7 Å². The molecule has 0 saturated heterocycles. The first-order chi connectivity index (χ1) is 9.74. The van der Waals surface area contributed by atoms with Crippen LogP contribution in [0, 0.1) is 0 Å². The molecule has 0 unspecified atom stereocenters. The summed E-state index contributed by atoms with van der Waals surface area (Å²) in [5, 5.41) is 4.14. The van der Waals surface area contributed by atoms with Gasteiger partial charge in [-0.2, -0.15) is 0 Å². The van der Waals surface area contributed by atoms with Crippen molar-refractivity contribution in [2.75, 3.05) is 13.1 Å². The van der Waals surface area contributed by atoms with E-state index in [9.17, 15) is 4.79 Å². The Morgan fingerprint density at radius 3 is 2.90 bits per heavy atom. The first kappa shape index (κ1) is 14.3. The fourth-order valence-corrected chi connectivity index (χ4v) is 2.23. The van der Waals surface area contributed by atoms with Crippen molar-refractivity contribution in [2.45, 2.75) is 25.9 Å². The number of rotatable bonds is 6. The predicted molar refractivity (Wildman–Crippen MR) is 79.5 cm³/mol. The lowest BCUT2D eigenvalue weighted by Crippen LogP contribution is -2.37. The van der Waals surface area contributed by atoms with Crippen molar-refractivity contribution in [3.05, 3.63) is 48.6 Å². The molecule has 0 aliphatic carbocycles. The Morgan fingerprint density at radius 2 is 2.25 bits per heavy atom. The molecule has 0 spiro atoms. The summed E-state index contributed by atoms with van der Waals surface area (Å²) in [4.78, 5) is 19.0. The molecule has 0 saturated carbocycles. The van der Waals surface area contributed by atoms with E-state index in [4.69, 9.17) is 4.84 Å². The second-order valence-corrected chi connectivity index (χ2v) is 4.78. The van der Waals surface area contributed by atoms with Crippen LogP contribution in [0.25, 0.3) is 0 Å². The molecule has 4 nitrogen and oxygen atoms in total. The second-order valence-electron chi connectivity index (χ2n) is 4.78. The Morgan fingerprint density at radius 1 is 1.50 bits per heavy atom. The van der Waals surface area contributed by atoms with Gasteiger partial charge in [0.15, 0.2) is 6.10 Å². The van der Waals surface area contributed by atoms with Crippen LogP contribution in [0.1, 0.15) is 25.3 Å². The molecule has 1 aliphatic rings. The summed E-state index contributed by atoms with van der Waals surface area (Å²) in [7, 11) is 0. The van der Waals surface area contributed by atoms with Gasteiger partial charge in [-0.05, 0) is 5.56 Å². The van der Waals surface area contributed by atoms with Crippen molar-refractivity contribution >= 4 is 11.6 Å². The van der Waals surface area contributed by atoms with Crippen LogP contribution in [0.3, 0.4) is 0 Å².